The summed E-state index contributed by atoms with van der Waals surface area (Å²) in [4.78, 5) is 4.98. The van der Waals surface area contributed by atoms with Gasteiger partial charge in [-0.3, -0.25) is 4.99 Å². The van der Waals surface area contributed by atoms with Gasteiger partial charge in [0.15, 0.2) is 9.84 Å². The quantitative estimate of drug-likeness (QED) is 0.502. The highest BCUT2D eigenvalue weighted by molar-refractivity contribution is 7.92. The summed E-state index contributed by atoms with van der Waals surface area (Å²) in [5.74, 6) is -0.293. The van der Waals surface area contributed by atoms with Gasteiger partial charge in [0.25, 0.3) is 0 Å². The lowest BCUT2D eigenvalue weighted by molar-refractivity contribution is 0.475. The van der Waals surface area contributed by atoms with Crippen molar-refractivity contribution in [3.63, 3.8) is 0 Å². The van der Waals surface area contributed by atoms with Gasteiger partial charge in [-0.25, -0.2) is 16.8 Å². The Bertz CT molecular complexity index is 1540. The molecule has 0 N–H and O–H groups in total. The minimum atomic E-state index is -3.79. The molecule has 0 bridgehead atoms. The predicted octanol–water partition coefficient (Wildman–Crippen LogP) is 4.30. The van der Waals surface area contributed by atoms with Crippen molar-refractivity contribution < 1.29 is 16.8 Å². The highest BCUT2D eigenvalue weighted by Crippen LogP contribution is 2.39. The summed E-state index contributed by atoms with van der Waals surface area (Å²) < 4.78 is 56.3. The number of aliphatic imine (C=N–C) groups is 1. The van der Waals surface area contributed by atoms with Gasteiger partial charge < -0.3 is 0 Å². The molecule has 0 aliphatic carbocycles. The average molecular weight is 521 g/mol. The minimum absolute atomic E-state index is 0.0884. The van der Waals surface area contributed by atoms with Gasteiger partial charge in [-0.1, -0.05) is 65.7 Å². The van der Waals surface area contributed by atoms with Crippen LogP contribution in [0.3, 0.4) is 0 Å². The topological polar surface area (TPSA) is 83.9 Å². The first-order chi connectivity index (χ1) is 17.2. The normalized spacial score (nSPS) is 20.8. The molecular formula is C28H28N2O4S2. The van der Waals surface area contributed by atoms with E-state index >= 15 is 0 Å². The van der Waals surface area contributed by atoms with Crippen molar-refractivity contribution in [1.29, 1.82) is 0 Å². The highest BCUT2D eigenvalue weighted by Gasteiger charge is 2.42. The van der Waals surface area contributed by atoms with E-state index in [9.17, 15) is 16.8 Å². The van der Waals surface area contributed by atoms with Gasteiger partial charge in [-0.2, -0.15) is 4.31 Å². The molecule has 0 saturated carbocycles. The number of aryl methyl sites for hydroxylation is 2. The van der Waals surface area contributed by atoms with Crippen LogP contribution in [0, 0.1) is 19.8 Å². The van der Waals surface area contributed by atoms with Gasteiger partial charge in [-0.15, -0.1) is 0 Å². The molecule has 2 heterocycles. The number of hydrogen-bond acceptors (Lipinski definition) is 5. The number of sulfonamides is 1. The maximum absolute atomic E-state index is 13.9. The number of nitrogens with zero attached hydrogens (tertiary/aromatic N) is 2. The molecule has 0 radical (unpaired) electrons. The summed E-state index contributed by atoms with van der Waals surface area (Å²) >= 11 is 0. The number of fused-ring (bicyclic) bond motifs is 1. The van der Waals surface area contributed by atoms with Gasteiger partial charge in [0.1, 0.15) is 5.25 Å². The Morgan fingerprint density at radius 3 is 1.97 bits per heavy atom. The Hall–Kier alpha value is -3.07. The maximum Gasteiger partial charge on any atom is 0.243 e. The molecule has 36 heavy (non-hydrogen) atoms. The van der Waals surface area contributed by atoms with Gasteiger partial charge in [0, 0.05) is 25.2 Å². The van der Waals surface area contributed by atoms with Crippen LogP contribution in [0.25, 0.3) is 5.57 Å². The first kappa shape index (κ1) is 24.6. The van der Waals surface area contributed by atoms with Crippen molar-refractivity contribution >= 4 is 31.6 Å². The fourth-order valence-electron chi connectivity index (χ4n) is 4.88. The van der Waals surface area contributed by atoms with Gasteiger partial charge >= 0.3 is 0 Å². The molecule has 2 atom stereocenters. The van der Waals surface area contributed by atoms with E-state index < -0.39 is 25.1 Å². The van der Waals surface area contributed by atoms with Crippen molar-refractivity contribution in [3.8, 4) is 0 Å². The average Bonchev–Trinajstić information content (AvgIpc) is 3.20. The minimum Gasteiger partial charge on any atom is -0.295 e. The lowest BCUT2D eigenvalue weighted by Gasteiger charge is -2.22. The Balaban J connectivity index is 1.63. The fraction of sp³-hybridized carbons (Fsp3) is 0.250. The Labute approximate surface area is 213 Å². The number of hydrogen-bond donors (Lipinski definition) is 0. The SMILES string of the molecule is Cc1ccc(S(=O)(=O)C2CN=C[C@H]3CN(S(=O)(=O)c4ccc(C)cc4)CC3=C2c2ccccc2)cc1. The van der Waals surface area contributed by atoms with Crippen LogP contribution in [0.1, 0.15) is 16.7 Å². The maximum atomic E-state index is 13.9. The molecule has 1 unspecified atom stereocenters. The molecule has 1 saturated heterocycles. The van der Waals surface area contributed by atoms with E-state index in [1.807, 2.05) is 44.2 Å². The summed E-state index contributed by atoms with van der Waals surface area (Å²) in [6, 6.07) is 23.0. The van der Waals surface area contributed by atoms with E-state index in [1.165, 1.54) is 4.31 Å². The second-order valence-electron chi connectivity index (χ2n) is 9.38. The van der Waals surface area contributed by atoms with Crippen molar-refractivity contribution in [2.24, 2.45) is 10.9 Å². The van der Waals surface area contributed by atoms with E-state index in [1.54, 1.807) is 54.7 Å². The molecular weight excluding hydrogens is 492 g/mol. The molecule has 1 fully saturated rings. The molecule has 0 aromatic heterocycles. The molecule has 2 aliphatic rings. The number of benzene rings is 3. The van der Waals surface area contributed by atoms with Crippen LogP contribution in [0.4, 0.5) is 0 Å². The van der Waals surface area contributed by atoms with Gasteiger partial charge in [0.2, 0.25) is 10.0 Å². The lowest BCUT2D eigenvalue weighted by Crippen LogP contribution is -2.30. The van der Waals surface area contributed by atoms with Gasteiger partial charge in [-0.05, 0) is 54.8 Å². The zero-order chi connectivity index (χ0) is 25.5. The molecule has 0 spiro atoms. The summed E-state index contributed by atoms with van der Waals surface area (Å²) in [7, 11) is -7.54. The molecule has 0 amide bonds. The van der Waals surface area contributed by atoms with Crippen LogP contribution in [-0.4, -0.2) is 52.2 Å². The van der Waals surface area contributed by atoms with E-state index in [4.69, 9.17) is 0 Å². The van der Waals surface area contributed by atoms with Crippen LogP contribution >= 0.6 is 0 Å². The second kappa shape index (κ2) is 9.42. The Morgan fingerprint density at radius 2 is 1.36 bits per heavy atom. The third kappa shape index (κ3) is 4.45. The fourth-order valence-corrected chi connectivity index (χ4v) is 8.05. The van der Waals surface area contributed by atoms with Crippen LogP contribution < -0.4 is 0 Å². The molecule has 2 aliphatic heterocycles. The molecule has 5 rings (SSSR count). The predicted molar refractivity (Wildman–Crippen MR) is 142 cm³/mol. The van der Waals surface area contributed by atoms with Crippen LogP contribution in [0.2, 0.25) is 0 Å². The van der Waals surface area contributed by atoms with Gasteiger partial charge in [0.05, 0.1) is 16.3 Å². The highest BCUT2D eigenvalue weighted by atomic mass is 32.2. The summed E-state index contributed by atoms with van der Waals surface area (Å²) in [5, 5.41) is -0.916. The Morgan fingerprint density at radius 1 is 0.778 bits per heavy atom. The zero-order valence-corrected chi connectivity index (χ0v) is 21.8. The van der Waals surface area contributed by atoms with E-state index in [-0.39, 0.29) is 35.3 Å². The largest absolute Gasteiger partial charge is 0.295 e. The van der Waals surface area contributed by atoms with E-state index in [2.05, 4.69) is 4.99 Å². The standard InChI is InChI=1S/C28H28N2O4S2/c1-20-8-12-24(13-9-20)35(31,32)27-17-29-16-23-18-30(36(33,34)25-14-10-21(2)11-15-25)19-26(23)28(27)22-6-4-3-5-7-22/h3-16,23,27H,17-19H2,1-2H3/t23-,27?/m0/s1. The molecule has 3 aromatic carbocycles. The third-order valence-corrected chi connectivity index (χ3v) is 10.8. The molecule has 8 heteroatoms. The van der Waals surface area contributed by atoms with E-state index in [0.717, 1.165) is 22.3 Å². The first-order valence-electron chi connectivity index (χ1n) is 11.8. The van der Waals surface area contributed by atoms with Crippen molar-refractivity contribution in [1.82, 2.24) is 4.31 Å². The van der Waals surface area contributed by atoms with Crippen molar-refractivity contribution in [2.45, 2.75) is 28.9 Å². The molecule has 6 nitrogen and oxygen atoms in total. The molecule has 3 aromatic rings. The van der Waals surface area contributed by atoms with Crippen molar-refractivity contribution in [2.75, 3.05) is 19.6 Å². The molecule has 186 valence electrons. The third-order valence-electron chi connectivity index (χ3n) is 6.89. The summed E-state index contributed by atoms with van der Waals surface area (Å²) in [6.45, 7) is 4.26. The number of sulfone groups is 1. The summed E-state index contributed by atoms with van der Waals surface area (Å²) in [6.07, 6.45) is 1.73. The van der Waals surface area contributed by atoms with E-state index in [0.29, 0.717) is 5.57 Å². The lowest BCUT2D eigenvalue weighted by atomic mass is 9.92. The van der Waals surface area contributed by atoms with Crippen LogP contribution in [-0.2, 0) is 19.9 Å². The van der Waals surface area contributed by atoms with Crippen LogP contribution in [0.15, 0.2) is 99.2 Å². The summed E-state index contributed by atoms with van der Waals surface area (Å²) in [5.41, 5.74) is 4.17. The first-order valence-corrected chi connectivity index (χ1v) is 14.8. The zero-order valence-electron chi connectivity index (χ0n) is 20.2. The Kier molecular flexibility index (Phi) is 6.44. The number of rotatable bonds is 5. The second-order valence-corrected chi connectivity index (χ2v) is 13.5. The smallest absolute Gasteiger partial charge is 0.243 e. The monoisotopic (exact) mass is 520 g/mol. The van der Waals surface area contributed by atoms with Crippen molar-refractivity contribution in [3.05, 3.63) is 101 Å². The van der Waals surface area contributed by atoms with Crippen LogP contribution in [0.5, 0.6) is 0 Å².